The third-order valence-corrected chi connectivity index (χ3v) is 4.98. The first-order chi connectivity index (χ1) is 9.08. The topological polar surface area (TPSA) is 72.7 Å². The summed E-state index contributed by atoms with van der Waals surface area (Å²) in [6.45, 7) is 4.50. The van der Waals surface area contributed by atoms with Crippen molar-refractivity contribution in [3.05, 3.63) is 0 Å². The van der Waals surface area contributed by atoms with Crippen molar-refractivity contribution in [1.82, 2.24) is 25.5 Å². The van der Waals surface area contributed by atoms with Crippen molar-refractivity contribution >= 4 is 17.7 Å². The molecule has 1 aromatic rings. The van der Waals surface area contributed by atoms with Gasteiger partial charge in [-0.05, 0) is 28.7 Å². The van der Waals surface area contributed by atoms with Crippen LogP contribution in [-0.2, 0) is 11.8 Å². The van der Waals surface area contributed by atoms with Crippen LogP contribution in [0, 0.1) is 11.8 Å². The molecule has 0 saturated heterocycles. The van der Waals surface area contributed by atoms with Crippen molar-refractivity contribution in [2.24, 2.45) is 18.9 Å². The van der Waals surface area contributed by atoms with E-state index in [1.165, 1.54) is 24.6 Å². The van der Waals surface area contributed by atoms with E-state index in [1.54, 1.807) is 11.7 Å². The zero-order chi connectivity index (χ0) is 13.8. The Morgan fingerprint density at radius 2 is 2.26 bits per heavy atom. The van der Waals surface area contributed by atoms with Crippen molar-refractivity contribution in [2.45, 2.75) is 44.3 Å². The van der Waals surface area contributed by atoms with E-state index < -0.39 is 0 Å². The van der Waals surface area contributed by atoms with Crippen molar-refractivity contribution < 1.29 is 4.79 Å². The highest BCUT2D eigenvalue weighted by Crippen LogP contribution is 2.29. The predicted octanol–water partition coefficient (Wildman–Crippen LogP) is 1.24. The van der Waals surface area contributed by atoms with Crippen LogP contribution in [0.2, 0.25) is 0 Å². The molecule has 1 aliphatic carbocycles. The number of amides is 1. The smallest absolute Gasteiger partial charge is 0.230 e. The number of carbonyl (C=O) groups is 1. The van der Waals surface area contributed by atoms with Crippen LogP contribution in [0.3, 0.4) is 0 Å². The van der Waals surface area contributed by atoms with Gasteiger partial charge in [0, 0.05) is 13.1 Å². The number of rotatable bonds is 4. The molecule has 19 heavy (non-hydrogen) atoms. The Kier molecular flexibility index (Phi) is 4.79. The fourth-order valence-corrected chi connectivity index (χ4v) is 3.17. The molecule has 106 valence electrons. The van der Waals surface area contributed by atoms with Crippen LogP contribution in [0.25, 0.3) is 0 Å². The number of hydrogen-bond acceptors (Lipinski definition) is 5. The molecular weight excluding hydrogens is 262 g/mol. The summed E-state index contributed by atoms with van der Waals surface area (Å²) in [6, 6.07) is 0.314. The SMILES string of the molecule is C[C@H]1[C@H](C)CCC[C@@H]1NC(=O)CSc1nnnn1C. The van der Waals surface area contributed by atoms with Crippen LogP contribution in [0.4, 0.5) is 0 Å². The Morgan fingerprint density at radius 3 is 2.95 bits per heavy atom. The number of thioether (sulfide) groups is 1. The third kappa shape index (κ3) is 3.68. The molecule has 0 unspecified atom stereocenters. The standard InChI is InChI=1S/C12H21N5OS/c1-8-5-4-6-10(9(8)2)13-11(18)7-19-12-14-15-16-17(12)3/h8-10H,4-7H2,1-3H3,(H,13,18)/t8-,9+,10+/m1/s1. The molecule has 0 aromatic carbocycles. The van der Waals surface area contributed by atoms with Crippen molar-refractivity contribution in [3.63, 3.8) is 0 Å². The first-order valence-corrected chi connectivity index (χ1v) is 7.71. The van der Waals surface area contributed by atoms with E-state index in [0.717, 1.165) is 6.42 Å². The van der Waals surface area contributed by atoms with Gasteiger partial charge in [0.2, 0.25) is 11.1 Å². The Labute approximate surface area is 117 Å². The van der Waals surface area contributed by atoms with Crippen LogP contribution in [0.1, 0.15) is 33.1 Å². The maximum absolute atomic E-state index is 12.0. The van der Waals surface area contributed by atoms with E-state index in [-0.39, 0.29) is 5.91 Å². The molecule has 1 aromatic heterocycles. The second-order valence-electron chi connectivity index (χ2n) is 5.32. The van der Waals surface area contributed by atoms with Crippen molar-refractivity contribution in [2.75, 3.05) is 5.75 Å². The average molecular weight is 283 g/mol. The fraction of sp³-hybridized carbons (Fsp3) is 0.833. The van der Waals surface area contributed by atoms with Crippen LogP contribution in [-0.4, -0.2) is 37.9 Å². The molecule has 2 rings (SSSR count). The second-order valence-corrected chi connectivity index (χ2v) is 6.26. The van der Waals surface area contributed by atoms with Gasteiger partial charge in [-0.2, -0.15) is 0 Å². The second kappa shape index (κ2) is 6.36. The first kappa shape index (κ1) is 14.3. The molecule has 0 spiro atoms. The molecule has 1 fully saturated rings. The van der Waals surface area contributed by atoms with E-state index in [0.29, 0.717) is 28.8 Å². The summed E-state index contributed by atoms with van der Waals surface area (Å²) < 4.78 is 1.57. The minimum Gasteiger partial charge on any atom is -0.352 e. The quantitative estimate of drug-likeness (QED) is 0.842. The Balaban J connectivity index is 1.79. The summed E-state index contributed by atoms with van der Waals surface area (Å²) in [5.41, 5.74) is 0. The van der Waals surface area contributed by atoms with E-state index >= 15 is 0 Å². The molecule has 1 amide bonds. The van der Waals surface area contributed by atoms with Crippen molar-refractivity contribution in [1.29, 1.82) is 0 Å². The number of nitrogens with one attached hydrogen (secondary N) is 1. The first-order valence-electron chi connectivity index (χ1n) is 6.72. The highest BCUT2D eigenvalue weighted by Gasteiger charge is 2.28. The van der Waals surface area contributed by atoms with E-state index in [2.05, 4.69) is 34.7 Å². The van der Waals surface area contributed by atoms with E-state index in [9.17, 15) is 4.79 Å². The summed E-state index contributed by atoms with van der Waals surface area (Å²) in [4.78, 5) is 12.0. The van der Waals surface area contributed by atoms with Gasteiger partial charge < -0.3 is 5.32 Å². The van der Waals surface area contributed by atoms with Gasteiger partial charge in [-0.15, -0.1) is 5.10 Å². The lowest BCUT2D eigenvalue weighted by atomic mass is 9.78. The zero-order valence-electron chi connectivity index (χ0n) is 11.7. The average Bonchev–Trinajstić information content (AvgIpc) is 2.78. The van der Waals surface area contributed by atoms with Gasteiger partial charge in [0.05, 0.1) is 5.75 Å². The van der Waals surface area contributed by atoms with Crippen LogP contribution in [0.15, 0.2) is 5.16 Å². The predicted molar refractivity (Wildman–Crippen MR) is 73.6 cm³/mol. The molecule has 3 atom stereocenters. The normalized spacial score (nSPS) is 27.2. The summed E-state index contributed by atoms with van der Waals surface area (Å²) in [5, 5.41) is 14.9. The molecule has 1 saturated carbocycles. The number of aromatic nitrogens is 4. The van der Waals surface area contributed by atoms with E-state index in [1.807, 2.05) is 0 Å². The van der Waals surface area contributed by atoms with Crippen LogP contribution >= 0.6 is 11.8 Å². The molecule has 0 bridgehead atoms. The summed E-state index contributed by atoms with van der Waals surface area (Å²) in [6.07, 6.45) is 3.57. The maximum atomic E-state index is 12.0. The number of hydrogen-bond donors (Lipinski definition) is 1. The van der Waals surface area contributed by atoms with Gasteiger partial charge in [0.15, 0.2) is 0 Å². The van der Waals surface area contributed by atoms with Gasteiger partial charge in [-0.1, -0.05) is 38.5 Å². The monoisotopic (exact) mass is 283 g/mol. The van der Waals surface area contributed by atoms with Crippen LogP contribution < -0.4 is 5.32 Å². The number of nitrogens with zero attached hydrogens (tertiary/aromatic N) is 4. The van der Waals surface area contributed by atoms with Gasteiger partial charge in [-0.25, -0.2) is 4.68 Å². The molecule has 1 aliphatic rings. The number of aryl methyl sites for hydroxylation is 1. The minimum atomic E-state index is 0.0685. The third-order valence-electron chi connectivity index (χ3n) is 3.97. The molecule has 1 N–H and O–H groups in total. The lowest BCUT2D eigenvalue weighted by Gasteiger charge is -2.34. The summed E-state index contributed by atoms with van der Waals surface area (Å²) in [5.74, 6) is 1.68. The van der Waals surface area contributed by atoms with Gasteiger partial charge in [-0.3, -0.25) is 4.79 Å². The van der Waals surface area contributed by atoms with Gasteiger partial charge in [0.25, 0.3) is 0 Å². The molecule has 7 heteroatoms. The zero-order valence-corrected chi connectivity index (χ0v) is 12.5. The molecule has 0 aliphatic heterocycles. The number of carbonyl (C=O) groups excluding carboxylic acids is 1. The summed E-state index contributed by atoms with van der Waals surface area (Å²) >= 11 is 1.37. The maximum Gasteiger partial charge on any atom is 0.230 e. The lowest BCUT2D eigenvalue weighted by Crippen LogP contribution is -2.44. The van der Waals surface area contributed by atoms with Crippen molar-refractivity contribution in [3.8, 4) is 0 Å². The summed E-state index contributed by atoms with van der Waals surface area (Å²) in [7, 11) is 1.77. The Morgan fingerprint density at radius 1 is 1.47 bits per heavy atom. The minimum absolute atomic E-state index is 0.0685. The lowest BCUT2D eigenvalue weighted by molar-refractivity contribution is -0.120. The molecular formula is C12H21N5OS. The molecule has 6 nitrogen and oxygen atoms in total. The largest absolute Gasteiger partial charge is 0.352 e. The fourth-order valence-electron chi connectivity index (χ4n) is 2.51. The Bertz CT molecular complexity index is 436. The molecule has 0 radical (unpaired) electrons. The van der Waals surface area contributed by atoms with Gasteiger partial charge in [0.1, 0.15) is 0 Å². The van der Waals surface area contributed by atoms with Gasteiger partial charge >= 0.3 is 0 Å². The Hall–Kier alpha value is -1.11. The van der Waals surface area contributed by atoms with Crippen LogP contribution in [0.5, 0.6) is 0 Å². The highest BCUT2D eigenvalue weighted by atomic mass is 32.2. The highest BCUT2D eigenvalue weighted by molar-refractivity contribution is 7.99. The molecule has 1 heterocycles. The number of tetrazole rings is 1. The van der Waals surface area contributed by atoms with E-state index in [4.69, 9.17) is 0 Å².